The minimum Gasteiger partial charge on any atom is -0.158 e. The monoisotopic (exact) mass is 248 g/mol. The van der Waals surface area contributed by atoms with Crippen molar-refractivity contribution in [3.63, 3.8) is 0 Å². The highest BCUT2D eigenvalue weighted by molar-refractivity contribution is 7.19. The fraction of sp³-hybridized carbons (Fsp3) is 0.571. The second-order valence-electron chi connectivity index (χ2n) is 6.56. The van der Waals surface area contributed by atoms with Gasteiger partial charge in [0.2, 0.25) is 0 Å². The summed E-state index contributed by atoms with van der Waals surface area (Å²) in [5.74, 6) is 0. The molecular weight excluding hydrogens is 228 g/mol. The zero-order valence-electron chi connectivity index (χ0n) is 11.5. The molecule has 0 saturated heterocycles. The second-order valence-corrected chi connectivity index (χ2v) is 7.56. The fourth-order valence-corrected chi connectivity index (χ4v) is 3.51. The molecule has 0 aliphatic rings. The third-order valence-corrected chi connectivity index (χ3v) is 4.33. The van der Waals surface area contributed by atoms with Crippen LogP contribution in [-0.2, 0) is 10.8 Å². The summed E-state index contributed by atoms with van der Waals surface area (Å²) < 4.78 is 0. The van der Waals surface area contributed by atoms with Gasteiger partial charge in [-0.25, -0.2) is 0 Å². The first-order valence-corrected chi connectivity index (χ1v) is 6.78. The van der Waals surface area contributed by atoms with Crippen molar-refractivity contribution in [3.05, 3.63) is 22.7 Å². The Morgan fingerprint density at radius 1 is 1.00 bits per heavy atom. The Morgan fingerprint density at radius 3 is 2.18 bits per heavy atom. The van der Waals surface area contributed by atoms with Gasteiger partial charge >= 0.3 is 0 Å². The van der Waals surface area contributed by atoms with Gasteiger partial charge in [0.25, 0.3) is 0 Å². The van der Waals surface area contributed by atoms with Gasteiger partial charge < -0.3 is 0 Å². The lowest BCUT2D eigenvalue weighted by Gasteiger charge is -2.26. The SMILES string of the molecule is CC(C)(C)c1sc2nnccc2c1C(C)(C)C. The van der Waals surface area contributed by atoms with Crippen LogP contribution in [0.5, 0.6) is 0 Å². The Kier molecular flexibility index (Phi) is 2.77. The van der Waals surface area contributed by atoms with Gasteiger partial charge in [0.1, 0.15) is 4.83 Å². The van der Waals surface area contributed by atoms with Crippen molar-refractivity contribution in [2.24, 2.45) is 0 Å². The van der Waals surface area contributed by atoms with Gasteiger partial charge in [0.05, 0.1) is 6.20 Å². The van der Waals surface area contributed by atoms with Crippen LogP contribution in [0.2, 0.25) is 0 Å². The summed E-state index contributed by atoms with van der Waals surface area (Å²) in [6.07, 6.45) is 1.79. The van der Waals surface area contributed by atoms with Crippen LogP contribution >= 0.6 is 11.3 Å². The minimum atomic E-state index is 0.143. The maximum atomic E-state index is 4.26. The lowest BCUT2D eigenvalue weighted by molar-refractivity contribution is 0.545. The van der Waals surface area contributed by atoms with Crippen molar-refractivity contribution in [2.75, 3.05) is 0 Å². The van der Waals surface area contributed by atoms with Crippen LogP contribution < -0.4 is 0 Å². The minimum absolute atomic E-state index is 0.143. The van der Waals surface area contributed by atoms with E-state index >= 15 is 0 Å². The zero-order chi connectivity index (χ0) is 12.8. The van der Waals surface area contributed by atoms with Crippen LogP contribution in [0.3, 0.4) is 0 Å². The number of hydrogen-bond acceptors (Lipinski definition) is 3. The van der Waals surface area contributed by atoms with Gasteiger partial charge in [0.15, 0.2) is 0 Å². The molecule has 0 spiro atoms. The van der Waals surface area contributed by atoms with E-state index in [1.807, 2.05) is 0 Å². The number of thiophene rings is 1. The quantitative estimate of drug-likeness (QED) is 0.695. The number of nitrogens with zero attached hydrogens (tertiary/aromatic N) is 2. The molecule has 0 radical (unpaired) electrons. The average molecular weight is 248 g/mol. The first kappa shape index (κ1) is 12.5. The molecular formula is C14H20N2S. The summed E-state index contributed by atoms with van der Waals surface area (Å²) in [5.41, 5.74) is 1.73. The van der Waals surface area contributed by atoms with Crippen LogP contribution in [0.4, 0.5) is 0 Å². The maximum Gasteiger partial charge on any atom is 0.146 e. The van der Waals surface area contributed by atoms with E-state index in [2.05, 4.69) is 57.8 Å². The van der Waals surface area contributed by atoms with E-state index in [4.69, 9.17) is 0 Å². The molecule has 0 bridgehead atoms. The van der Waals surface area contributed by atoms with Gasteiger partial charge in [-0.2, -0.15) is 5.10 Å². The molecule has 0 aliphatic heterocycles. The third kappa shape index (κ3) is 2.21. The van der Waals surface area contributed by atoms with Crippen molar-refractivity contribution >= 4 is 21.6 Å². The molecule has 0 aromatic carbocycles. The van der Waals surface area contributed by atoms with Crippen LogP contribution in [-0.4, -0.2) is 10.2 Å². The van der Waals surface area contributed by atoms with Gasteiger partial charge in [-0.05, 0) is 22.5 Å². The van der Waals surface area contributed by atoms with Gasteiger partial charge in [-0.1, -0.05) is 41.5 Å². The molecule has 17 heavy (non-hydrogen) atoms. The summed E-state index contributed by atoms with van der Waals surface area (Å²) >= 11 is 1.78. The molecule has 2 nitrogen and oxygen atoms in total. The molecule has 2 rings (SSSR count). The summed E-state index contributed by atoms with van der Waals surface area (Å²) in [5, 5.41) is 9.52. The molecule has 0 amide bonds. The first-order valence-electron chi connectivity index (χ1n) is 5.96. The Bertz CT molecular complexity index is 541. The van der Waals surface area contributed by atoms with Gasteiger partial charge in [0, 0.05) is 10.3 Å². The molecule has 92 valence electrons. The predicted octanol–water partition coefficient (Wildman–Crippen LogP) is 4.29. The first-order chi connectivity index (χ1) is 7.71. The Labute approximate surface area is 107 Å². The third-order valence-electron chi connectivity index (χ3n) is 2.81. The number of aromatic nitrogens is 2. The molecule has 2 aromatic heterocycles. The van der Waals surface area contributed by atoms with Crippen molar-refractivity contribution in [1.29, 1.82) is 0 Å². The van der Waals surface area contributed by atoms with E-state index in [1.165, 1.54) is 15.8 Å². The van der Waals surface area contributed by atoms with Crippen LogP contribution in [0, 0.1) is 0 Å². The fourth-order valence-electron chi connectivity index (χ4n) is 2.13. The molecule has 0 unspecified atom stereocenters. The van der Waals surface area contributed by atoms with E-state index in [1.54, 1.807) is 17.5 Å². The molecule has 0 atom stereocenters. The Morgan fingerprint density at radius 2 is 1.65 bits per heavy atom. The summed E-state index contributed by atoms with van der Waals surface area (Å²) in [6.45, 7) is 13.6. The molecule has 0 fully saturated rings. The van der Waals surface area contributed by atoms with Crippen molar-refractivity contribution in [3.8, 4) is 0 Å². The number of fused-ring (bicyclic) bond motifs is 1. The van der Waals surface area contributed by atoms with E-state index in [0.29, 0.717) is 0 Å². The van der Waals surface area contributed by atoms with Gasteiger partial charge in [-0.15, -0.1) is 16.4 Å². The van der Waals surface area contributed by atoms with E-state index in [-0.39, 0.29) is 10.8 Å². The summed E-state index contributed by atoms with van der Waals surface area (Å²) in [4.78, 5) is 2.49. The number of hydrogen-bond donors (Lipinski definition) is 0. The number of rotatable bonds is 0. The largest absolute Gasteiger partial charge is 0.158 e. The Hall–Kier alpha value is -0.960. The standard InChI is InChI=1S/C14H20N2S/c1-13(2,3)10-9-7-8-15-16-12(9)17-11(10)14(4,5)6/h7-8H,1-6H3. The second kappa shape index (κ2) is 3.77. The highest BCUT2D eigenvalue weighted by atomic mass is 32.1. The predicted molar refractivity (Wildman–Crippen MR) is 74.8 cm³/mol. The van der Waals surface area contributed by atoms with Crippen molar-refractivity contribution in [1.82, 2.24) is 10.2 Å². The molecule has 0 N–H and O–H groups in total. The molecule has 2 heterocycles. The zero-order valence-corrected chi connectivity index (χ0v) is 12.3. The van der Waals surface area contributed by atoms with Crippen LogP contribution in [0.1, 0.15) is 52.0 Å². The normalized spacial score (nSPS) is 13.3. The van der Waals surface area contributed by atoms with E-state index < -0.39 is 0 Å². The lowest BCUT2D eigenvalue weighted by Crippen LogP contribution is -2.19. The average Bonchev–Trinajstić information content (AvgIpc) is 2.54. The molecule has 3 heteroatoms. The topological polar surface area (TPSA) is 25.8 Å². The van der Waals surface area contributed by atoms with E-state index in [0.717, 1.165) is 4.83 Å². The van der Waals surface area contributed by atoms with Crippen LogP contribution in [0.25, 0.3) is 10.2 Å². The smallest absolute Gasteiger partial charge is 0.146 e. The van der Waals surface area contributed by atoms with Gasteiger partial charge in [-0.3, -0.25) is 0 Å². The summed E-state index contributed by atoms with van der Waals surface area (Å²) in [6, 6.07) is 2.09. The van der Waals surface area contributed by atoms with Crippen LogP contribution in [0.15, 0.2) is 12.3 Å². The van der Waals surface area contributed by atoms with E-state index in [9.17, 15) is 0 Å². The molecule has 2 aromatic rings. The highest BCUT2D eigenvalue weighted by Crippen LogP contribution is 2.43. The van der Waals surface area contributed by atoms with Crippen molar-refractivity contribution in [2.45, 2.75) is 52.4 Å². The highest BCUT2D eigenvalue weighted by Gasteiger charge is 2.29. The maximum absolute atomic E-state index is 4.26. The lowest BCUT2D eigenvalue weighted by atomic mass is 9.79. The summed E-state index contributed by atoms with van der Waals surface area (Å²) in [7, 11) is 0. The molecule has 0 saturated carbocycles. The Balaban J connectivity index is 2.84. The molecule has 0 aliphatic carbocycles. The van der Waals surface area contributed by atoms with Crippen molar-refractivity contribution < 1.29 is 0 Å².